The fraction of sp³-hybridized carbons (Fsp3) is 0.467. The zero-order chi connectivity index (χ0) is 28.4. The fourth-order valence-electron chi connectivity index (χ4n) is 5.43. The topological polar surface area (TPSA) is 132 Å². The number of aromatic nitrogens is 3. The zero-order valence-corrected chi connectivity index (χ0v) is 23.7. The minimum atomic E-state index is -0.466. The Kier molecular flexibility index (Phi) is 7.69. The van der Waals surface area contributed by atoms with Crippen LogP contribution in [0, 0.1) is 5.41 Å². The van der Waals surface area contributed by atoms with E-state index in [9.17, 15) is 9.90 Å². The van der Waals surface area contributed by atoms with Gasteiger partial charge in [0.15, 0.2) is 5.65 Å². The lowest BCUT2D eigenvalue weighted by Crippen LogP contribution is -2.82. The molecule has 0 bridgehead atoms. The SMILES string of the molecule is C[C@H]1CCCCN1c1nnc2ccc(O[C@@H]3CC[C@H](NC(=O)/[NH+]=C(N)\C=C(/O)C(C)(C)C)c4ccccc43)cn12. The van der Waals surface area contributed by atoms with E-state index in [0.717, 1.165) is 54.3 Å². The number of pyridine rings is 1. The van der Waals surface area contributed by atoms with Gasteiger partial charge < -0.3 is 20.5 Å². The van der Waals surface area contributed by atoms with Crippen molar-refractivity contribution < 1.29 is 19.6 Å². The Hall–Kier alpha value is -4.08. The maximum absolute atomic E-state index is 12.7. The predicted octanol–water partition coefficient (Wildman–Crippen LogP) is 3.70. The minimum absolute atomic E-state index is 0.0814. The molecule has 3 heterocycles. The lowest BCUT2D eigenvalue weighted by Gasteiger charge is -2.33. The van der Waals surface area contributed by atoms with Gasteiger partial charge in [0.1, 0.15) is 23.7 Å². The van der Waals surface area contributed by atoms with Crippen molar-refractivity contribution in [2.24, 2.45) is 11.1 Å². The highest BCUT2D eigenvalue weighted by Gasteiger charge is 2.31. The number of piperidine rings is 1. The van der Waals surface area contributed by atoms with Crippen molar-refractivity contribution in [2.45, 2.75) is 78.0 Å². The third kappa shape index (κ3) is 5.90. The number of nitrogens with zero attached hydrogens (tertiary/aromatic N) is 4. The molecule has 5 N–H and O–H groups in total. The number of fused-ring (bicyclic) bond motifs is 2. The second kappa shape index (κ2) is 11.2. The summed E-state index contributed by atoms with van der Waals surface area (Å²) < 4.78 is 8.56. The van der Waals surface area contributed by atoms with Crippen molar-refractivity contribution in [3.8, 4) is 5.75 Å². The maximum Gasteiger partial charge on any atom is 0.434 e. The third-order valence-electron chi connectivity index (χ3n) is 7.76. The van der Waals surface area contributed by atoms with Crippen LogP contribution in [0.2, 0.25) is 0 Å². The van der Waals surface area contributed by atoms with Gasteiger partial charge in [-0.1, -0.05) is 45.0 Å². The molecule has 5 rings (SSSR count). The Bertz CT molecular complexity index is 1440. The van der Waals surface area contributed by atoms with Gasteiger partial charge in [-0.05, 0) is 62.3 Å². The summed E-state index contributed by atoms with van der Waals surface area (Å²) in [6, 6.07) is 11.7. The van der Waals surface area contributed by atoms with E-state index in [4.69, 9.17) is 10.5 Å². The van der Waals surface area contributed by atoms with Gasteiger partial charge in [0.05, 0.1) is 6.20 Å². The van der Waals surface area contributed by atoms with Crippen molar-refractivity contribution in [1.29, 1.82) is 0 Å². The Morgan fingerprint density at radius 1 is 1.12 bits per heavy atom. The number of hydrogen-bond donors (Lipinski definition) is 4. The molecule has 3 atom stereocenters. The number of allylic oxidation sites excluding steroid dienone is 1. The standard InChI is InChI=1S/C30H39N7O3/c1-19-9-7-8-16-36(19)29-35-34-27-15-12-20(18-37(27)29)40-24-14-13-23(21-10-5-6-11-22(21)24)32-28(39)33-26(31)17-25(38)30(2,3)4/h5-6,10-12,15,17-19,23-24,38H,7-9,13-14,16H2,1-4H3,(H3,31,32,33,39)/p+1/b25-17-/t19-,23-,24+/m0/s1. The Morgan fingerprint density at radius 2 is 1.90 bits per heavy atom. The van der Waals surface area contributed by atoms with E-state index in [-0.39, 0.29) is 23.7 Å². The number of rotatable bonds is 5. The molecule has 0 radical (unpaired) electrons. The first-order chi connectivity index (χ1) is 19.1. The Morgan fingerprint density at radius 3 is 2.65 bits per heavy atom. The summed E-state index contributed by atoms with van der Waals surface area (Å²) in [4.78, 5) is 17.7. The monoisotopic (exact) mass is 546 g/mol. The Labute approximate surface area is 234 Å². The van der Waals surface area contributed by atoms with Gasteiger partial charge in [-0.15, -0.1) is 10.2 Å². The van der Waals surface area contributed by atoms with Crippen LogP contribution in [0.3, 0.4) is 0 Å². The highest BCUT2D eigenvalue weighted by molar-refractivity contribution is 5.89. The summed E-state index contributed by atoms with van der Waals surface area (Å²) in [5.41, 5.74) is 8.32. The average molecular weight is 547 g/mol. The molecule has 2 amide bonds. The molecule has 3 aromatic rings. The fourth-order valence-corrected chi connectivity index (χ4v) is 5.43. The first-order valence-corrected chi connectivity index (χ1v) is 14.1. The van der Waals surface area contributed by atoms with E-state index >= 15 is 0 Å². The molecule has 40 heavy (non-hydrogen) atoms. The van der Waals surface area contributed by atoms with Crippen molar-refractivity contribution in [2.75, 3.05) is 11.4 Å². The summed E-state index contributed by atoms with van der Waals surface area (Å²) in [7, 11) is 0. The first kappa shape index (κ1) is 27.5. The van der Waals surface area contributed by atoms with Gasteiger partial charge in [-0.3, -0.25) is 9.72 Å². The lowest BCUT2D eigenvalue weighted by atomic mass is 9.85. The van der Waals surface area contributed by atoms with Gasteiger partial charge >= 0.3 is 6.03 Å². The first-order valence-electron chi connectivity index (χ1n) is 14.1. The summed E-state index contributed by atoms with van der Waals surface area (Å²) in [5, 5.41) is 22.1. The number of anilines is 1. The van der Waals surface area contributed by atoms with E-state index in [2.05, 4.69) is 38.4 Å². The molecule has 2 aliphatic rings. The number of hydrogen-bond acceptors (Lipinski definition) is 6. The number of benzene rings is 1. The molecule has 1 fully saturated rings. The van der Waals surface area contributed by atoms with Crippen LogP contribution in [-0.4, -0.2) is 44.2 Å². The van der Waals surface area contributed by atoms with Crippen molar-refractivity contribution in [3.63, 3.8) is 0 Å². The molecule has 2 aromatic heterocycles. The molecule has 1 aliphatic carbocycles. The van der Waals surface area contributed by atoms with Crippen LogP contribution in [0.15, 0.2) is 54.4 Å². The van der Waals surface area contributed by atoms with E-state index in [1.807, 2.05) is 61.7 Å². The van der Waals surface area contributed by atoms with Crippen LogP contribution in [0.5, 0.6) is 5.75 Å². The van der Waals surface area contributed by atoms with E-state index in [1.165, 1.54) is 12.5 Å². The Balaban J connectivity index is 1.32. The van der Waals surface area contributed by atoms with Gasteiger partial charge in [0.2, 0.25) is 11.8 Å². The average Bonchev–Trinajstić information content (AvgIpc) is 3.33. The molecular weight excluding hydrogens is 506 g/mol. The van der Waals surface area contributed by atoms with Crippen LogP contribution in [0.25, 0.3) is 5.65 Å². The third-order valence-corrected chi connectivity index (χ3v) is 7.76. The smallest absolute Gasteiger partial charge is 0.434 e. The molecule has 10 heteroatoms. The number of urea groups is 1. The predicted molar refractivity (Wildman–Crippen MR) is 154 cm³/mol. The number of aliphatic hydroxyl groups is 1. The highest BCUT2D eigenvalue weighted by Crippen LogP contribution is 2.39. The molecule has 212 valence electrons. The van der Waals surface area contributed by atoms with E-state index in [0.29, 0.717) is 12.5 Å². The number of nitrogens with two attached hydrogens (primary N) is 1. The van der Waals surface area contributed by atoms with Crippen molar-refractivity contribution >= 4 is 23.5 Å². The van der Waals surface area contributed by atoms with Crippen LogP contribution in [-0.2, 0) is 0 Å². The molecule has 1 aliphatic heterocycles. The van der Waals surface area contributed by atoms with Crippen molar-refractivity contribution in [1.82, 2.24) is 19.9 Å². The molecular formula is C30H40N7O3+. The maximum atomic E-state index is 12.7. The van der Waals surface area contributed by atoms with E-state index < -0.39 is 11.4 Å². The number of amides is 2. The van der Waals surface area contributed by atoms with Crippen LogP contribution in [0.4, 0.5) is 10.7 Å². The molecule has 1 aromatic carbocycles. The number of ether oxygens (including phenoxy) is 1. The number of amidine groups is 1. The molecule has 0 saturated carbocycles. The largest absolute Gasteiger partial charge is 0.512 e. The molecule has 10 nitrogen and oxygen atoms in total. The van der Waals surface area contributed by atoms with Crippen LogP contribution < -0.4 is 25.7 Å². The zero-order valence-electron chi connectivity index (χ0n) is 23.7. The number of carbonyl (C=O) groups is 1. The summed E-state index contributed by atoms with van der Waals surface area (Å²) in [5.74, 6) is 1.78. The summed E-state index contributed by atoms with van der Waals surface area (Å²) >= 11 is 0. The van der Waals surface area contributed by atoms with Gasteiger partial charge in [-0.25, -0.2) is 9.79 Å². The highest BCUT2D eigenvalue weighted by atomic mass is 16.5. The second-order valence-electron chi connectivity index (χ2n) is 11.8. The summed E-state index contributed by atoms with van der Waals surface area (Å²) in [6.45, 7) is 8.80. The minimum Gasteiger partial charge on any atom is -0.512 e. The van der Waals surface area contributed by atoms with Gasteiger partial charge in [0.25, 0.3) is 0 Å². The lowest BCUT2D eigenvalue weighted by molar-refractivity contribution is -0.345. The number of carbonyl (C=O) groups excluding carboxylic acids is 1. The summed E-state index contributed by atoms with van der Waals surface area (Å²) in [6.07, 6.45) is 8.16. The molecule has 1 saturated heterocycles. The second-order valence-corrected chi connectivity index (χ2v) is 11.8. The van der Waals surface area contributed by atoms with Crippen LogP contribution in [0.1, 0.15) is 83.1 Å². The number of aliphatic hydroxyl groups excluding tert-OH is 1. The van der Waals surface area contributed by atoms with Gasteiger partial charge in [0, 0.05) is 24.1 Å². The number of nitrogens with one attached hydrogen (secondary N) is 2. The molecule has 0 unspecified atom stereocenters. The quantitative estimate of drug-likeness (QED) is 0.218. The van der Waals surface area contributed by atoms with Gasteiger partial charge in [-0.2, -0.15) is 0 Å². The normalized spacial score (nSPS) is 22.2. The van der Waals surface area contributed by atoms with E-state index in [1.54, 1.807) is 0 Å². The van der Waals surface area contributed by atoms with Crippen molar-refractivity contribution in [3.05, 3.63) is 65.6 Å². The molecule has 0 spiro atoms. The van der Waals surface area contributed by atoms with Crippen LogP contribution >= 0.6 is 0 Å².